The van der Waals surface area contributed by atoms with Crippen molar-refractivity contribution in [2.75, 3.05) is 7.11 Å². The molecule has 7 heteroatoms. The van der Waals surface area contributed by atoms with E-state index >= 15 is 0 Å². The molecule has 3 rings (SSSR count). The topological polar surface area (TPSA) is 39.9 Å². The van der Waals surface area contributed by atoms with E-state index in [1.807, 2.05) is 28.8 Å². The van der Waals surface area contributed by atoms with E-state index in [2.05, 4.69) is 41.8 Å². The highest BCUT2D eigenvalue weighted by Gasteiger charge is 2.14. The fourth-order valence-electron chi connectivity index (χ4n) is 2.14. The Balaban J connectivity index is 2.25. The average molecular weight is 432 g/mol. The zero-order valence-corrected chi connectivity index (χ0v) is 14.9. The smallest absolute Gasteiger partial charge is 0.164 e. The minimum absolute atomic E-state index is 0.303. The largest absolute Gasteiger partial charge is 0.496 e. The molecule has 0 radical (unpaired) electrons. The number of hydrogen-bond acceptors (Lipinski definition) is 3. The van der Waals surface area contributed by atoms with E-state index in [1.54, 1.807) is 13.3 Å². The summed E-state index contributed by atoms with van der Waals surface area (Å²) < 4.78 is 8.95. The molecule has 21 heavy (non-hydrogen) atoms. The molecule has 0 aliphatic heterocycles. The van der Waals surface area contributed by atoms with Crippen LogP contribution in [0.25, 0.3) is 16.9 Å². The summed E-state index contributed by atoms with van der Waals surface area (Å²) in [5, 5.41) is 0. The lowest BCUT2D eigenvalue weighted by Gasteiger charge is -2.10. The number of ether oxygens (including phenoxy) is 1. The van der Waals surface area contributed by atoms with E-state index in [0.717, 1.165) is 37.4 Å². The van der Waals surface area contributed by atoms with Gasteiger partial charge in [-0.05, 0) is 56.1 Å². The number of alkyl halides is 1. The summed E-state index contributed by atoms with van der Waals surface area (Å²) in [6.45, 7) is 0. The van der Waals surface area contributed by atoms with Crippen LogP contribution in [-0.4, -0.2) is 21.6 Å². The lowest BCUT2D eigenvalue weighted by atomic mass is 10.3. The van der Waals surface area contributed by atoms with E-state index in [-0.39, 0.29) is 0 Å². The Labute approximate surface area is 143 Å². The summed E-state index contributed by atoms with van der Waals surface area (Å²) in [6, 6.07) is 7.72. The third kappa shape index (κ3) is 2.67. The van der Waals surface area contributed by atoms with E-state index in [1.165, 1.54) is 0 Å². The zero-order valence-electron chi connectivity index (χ0n) is 11.0. The highest BCUT2D eigenvalue weighted by molar-refractivity contribution is 9.10. The molecule has 4 nitrogen and oxygen atoms in total. The molecule has 0 aliphatic carbocycles. The molecule has 0 aliphatic rings. The Morgan fingerprint density at radius 2 is 2.10 bits per heavy atom. The highest BCUT2D eigenvalue weighted by atomic mass is 79.9. The lowest BCUT2D eigenvalue weighted by Crippen LogP contribution is -2.00. The maximum atomic E-state index is 6.03. The first-order valence-electron chi connectivity index (χ1n) is 6.07. The summed E-state index contributed by atoms with van der Waals surface area (Å²) in [7, 11) is 1.63. The number of rotatable bonds is 3. The van der Waals surface area contributed by atoms with Gasteiger partial charge in [0.25, 0.3) is 0 Å². The predicted molar refractivity (Wildman–Crippen MR) is 90.4 cm³/mol. The van der Waals surface area contributed by atoms with Gasteiger partial charge in [0.05, 0.1) is 23.1 Å². The Kier molecular flexibility index (Phi) is 4.19. The molecule has 0 saturated carbocycles. The van der Waals surface area contributed by atoms with Crippen LogP contribution in [-0.2, 0) is 5.88 Å². The van der Waals surface area contributed by atoms with E-state index in [4.69, 9.17) is 16.3 Å². The Morgan fingerprint density at radius 3 is 2.76 bits per heavy atom. The van der Waals surface area contributed by atoms with Gasteiger partial charge in [-0.25, -0.2) is 9.97 Å². The second-order valence-corrected chi connectivity index (χ2v) is 6.35. The fraction of sp³-hybridized carbons (Fsp3) is 0.143. The number of methoxy groups -OCH3 is 1. The molecule has 3 aromatic rings. The zero-order chi connectivity index (χ0) is 15.0. The van der Waals surface area contributed by atoms with Crippen LogP contribution >= 0.6 is 43.5 Å². The summed E-state index contributed by atoms with van der Waals surface area (Å²) in [5.74, 6) is 1.82. The number of pyridine rings is 1. The van der Waals surface area contributed by atoms with Gasteiger partial charge >= 0.3 is 0 Å². The van der Waals surface area contributed by atoms with Crippen LogP contribution in [0.3, 0.4) is 0 Å². The summed E-state index contributed by atoms with van der Waals surface area (Å²) in [5.41, 5.74) is 2.49. The standard InChI is InChI=1S/C14H10Br2ClN3O/c1-21-12-3-2-9(5-10(12)16)20-13(6-17)19-11-4-8(15)7-18-14(11)20/h2-5,7H,6H2,1H3. The molecular weight excluding hydrogens is 421 g/mol. The Bertz CT molecular complexity index is 819. The van der Waals surface area contributed by atoms with Crippen molar-refractivity contribution in [3.05, 3.63) is 45.2 Å². The number of fused-ring (bicyclic) bond motifs is 1. The molecule has 2 aromatic heterocycles. The highest BCUT2D eigenvalue weighted by Crippen LogP contribution is 2.30. The first-order chi connectivity index (χ1) is 10.1. The maximum absolute atomic E-state index is 6.03. The number of nitrogens with zero attached hydrogens (tertiary/aromatic N) is 3. The van der Waals surface area contributed by atoms with Gasteiger partial charge in [-0.1, -0.05) is 0 Å². The normalized spacial score (nSPS) is 11.0. The summed E-state index contributed by atoms with van der Waals surface area (Å²) in [6.07, 6.45) is 1.75. The SMILES string of the molecule is COc1ccc(-n2c(CCl)nc3cc(Br)cnc32)cc1Br. The van der Waals surface area contributed by atoms with Crippen LogP contribution in [0.15, 0.2) is 39.4 Å². The van der Waals surface area contributed by atoms with E-state index < -0.39 is 0 Å². The monoisotopic (exact) mass is 429 g/mol. The quantitative estimate of drug-likeness (QED) is 0.565. The number of halogens is 3. The molecule has 0 spiro atoms. The van der Waals surface area contributed by atoms with Gasteiger partial charge in [-0.15, -0.1) is 11.6 Å². The number of benzene rings is 1. The third-order valence-corrected chi connectivity index (χ3v) is 4.34. The van der Waals surface area contributed by atoms with Crippen LogP contribution in [0.1, 0.15) is 5.82 Å². The molecule has 0 saturated heterocycles. The molecular formula is C14H10Br2ClN3O. The number of aromatic nitrogens is 3. The van der Waals surface area contributed by atoms with Crippen molar-refractivity contribution in [1.82, 2.24) is 14.5 Å². The average Bonchev–Trinajstić information content (AvgIpc) is 2.84. The van der Waals surface area contributed by atoms with Gasteiger partial charge in [0.1, 0.15) is 17.1 Å². The van der Waals surface area contributed by atoms with Crippen molar-refractivity contribution in [3.8, 4) is 11.4 Å². The van der Waals surface area contributed by atoms with Crippen molar-refractivity contribution in [2.45, 2.75) is 5.88 Å². The van der Waals surface area contributed by atoms with E-state index in [0.29, 0.717) is 5.88 Å². The Morgan fingerprint density at radius 1 is 1.29 bits per heavy atom. The van der Waals surface area contributed by atoms with Crippen molar-refractivity contribution in [2.24, 2.45) is 0 Å². The number of hydrogen-bond donors (Lipinski definition) is 0. The molecule has 0 fully saturated rings. The first kappa shape index (κ1) is 14.8. The van der Waals surface area contributed by atoms with Gasteiger partial charge in [-0.3, -0.25) is 4.57 Å². The summed E-state index contributed by atoms with van der Waals surface area (Å²) in [4.78, 5) is 8.98. The first-order valence-corrected chi connectivity index (χ1v) is 8.19. The predicted octanol–water partition coefficient (Wildman–Crippen LogP) is 4.69. The molecule has 1 aromatic carbocycles. The van der Waals surface area contributed by atoms with Crippen LogP contribution < -0.4 is 4.74 Å². The van der Waals surface area contributed by atoms with Crippen LogP contribution in [0.4, 0.5) is 0 Å². The van der Waals surface area contributed by atoms with Gasteiger partial charge in [0.15, 0.2) is 5.65 Å². The molecule has 0 N–H and O–H groups in total. The van der Waals surface area contributed by atoms with Gasteiger partial charge in [-0.2, -0.15) is 0 Å². The number of imidazole rings is 1. The van der Waals surface area contributed by atoms with Crippen molar-refractivity contribution < 1.29 is 4.74 Å². The fourth-order valence-corrected chi connectivity index (χ4v) is 3.17. The molecule has 0 unspecified atom stereocenters. The Hall–Kier alpha value is -1.11. The van der Waals surface area contributed by atoms with Crippen LogP contribution in [0, 0.1) is 0 Å². The minimum Gasteiger partial charge on any atom is -0.496 e. The van der Waals surface area contributed by atoms with Gasteiger partial charge in [0, 0.05) is 10.7 Å². The van der Waals surface area contributed by atoms with E-state index in [9.17, 15) is 0 Å². The van der Waals surface area contributed by atoms with Crippen molar-refractivity contribution >= 4 is 54.6 Å². The molecule has 0 bridgehead atoms. The molecule has 0 atom stereocenters. The van der Waals surface area contributed by atoms with Crippen LogP contribution in [0.2, 0.25) is 0 Å². The minimum atomic E-state index is 0.303. The molecule has 2 heterocycles. The summed E-state index contributed by atoms with van der Waals surface area (Å²) >= 11 is 12.9. The third-order valence-electron chi connectivity index (χ3n) is 3.05. The van der Waals surface area contributed by atoms with Crippen LogP contribution in [0.5, 0.6) is 5.75 Å². The molecule has 108 valence electrons. The van der Waals surface area contributed by atoms with Crippen molar-refractivity contribution in [3.63, 3.8) is 0 Å². The second-order valence-electron chi connectivity index (χ2n) is 4.31. The van der Waals surface area contributed by atoms with Gasteiger partial charge < -0.3 is 4.74 Å². The second kappa shape index (κ2) is 5.94. The lowest BCUT2D eigenvalue weighted by molar-refractivity contribution is 0.412. The van der Waals surface area contributed by atoms with Crippen molar-refractivity contribution in [1.29, 1.82) is 0 Å². The van der Waals surface area contributed by atoms with Gasteiger partial charge in [0.2, 0.25) is 0 Å². The molecule has 0 amide bonds. The maximum Gasteiger partial charge on any atom is 0.164 e.